The van der Waals surface area contributed by atoms with Gasteiger partial charge in [0.2, 0.25) is 0 Å². The van der Waals surface area contributed by atoms with Gasteiger partial charge >= 0.3 is 0 Å². The summed E-state index contributed by atoms with van der Waals surface area (Å²) in [6.07, 6.45) is 18.9. The van der Waals surface area contributed by atoms with Crippen molar-refractivity contribution in [1.82, 2.24) is 0 Å². The number of hydrogen-bond acceptors (Lipinski definition) is 2. The van der Waals surface area contributed by atoms with Crippen LogP contribution in [0.4, 0.5) is 5.69 Å². The van der Waals surface area contributed by atoms with Crippen LogP contribution in [0.25, 0.3) is 0 Å². The Bertz CT molecular complexity index is 1080. The number of phenols is 1. The fourth-order valence-electron chi connectivity index (χ4n) is 11.0. The van der Waals surface area contributed by atoms with Crippen molar-refractivity contribution in [3.8, 4) is 5.75 Å². The Morgan fingerprint density at radius 1 is 0.667 bits per heavy atom. The summed E-state index contributed by atoms with van der Waals surface area (Å²) >= 11 is 3.78. The Kier molecular flexibility index (Phi) is 4.94. The standard InChI is InChI=1S/C33H38BrNO/c34-29-3-1-28(33-16-23-8-24(17-33)10-25(9-23)18-33)12-30(29)35-19-26-11-27(2-4-31(26)36)32-13-20-5-21(14-32)7-22(6-20)15-32/h1-4,11-12,19-25,36H,5-10,13-18H2. The van der Waals surface area contributed by atoms with E-state index in [-0.39, 0.29) is 0 Å². The molecule has 8 fully saturated rings. The first kappa shape index (κ1) is 22.4. The van der Waals surface area contributed by atoms with Gasteiger partial charge in [0.15, 0.2) is 0 Å². The molecule has 2 aromatic carbocycles. The minimum absolute atomic E-state index is 0.337. The Morgan fingerprint density at radius 2 is 1.11 bits per heavy atom. The first-order valence-electron chi connectivity index (χ1n) is 14.6. The Hall–Kier alpha value is -1.61. The molecule has 3 heteroatoms. The molecule has 36 heavy (non-hydrogen) atoms. The van der Waals surface area contributed by atoms with Crippen LogP contribution in [-0.2, 0) is 10.8 Å². The third kappa shape index (κ3) is 3.51. The lowest BCUT2D eigenvalue weighted by molar-refractivity contribution is -0.00531. The van der Waals surface area contributed by atoms with Gasteiger partial charge in [-0.2, -0.15) is 0 Å². The van der Waals surface area contributed by atoms with E-state index in [1.807, 2.05) is 12.3 Å². The summed E-state index contributed by atoms with van der Waals surface area (Å²) in [5.41, 5.74) is 5.54. The highest BCUT2D eigenvalue weighted by atomic mass is 79.9. The van der Waals surface area contributed by atoms with Crippen LogP contribution in [0.2, 0.25) is 0 Å². The minimum atomic E-state index is 0.337. The second kappa shape index (κ2) is 7.95. The molecular weight excluding hydrogens is 506 g/mol. The SMILES string of the molecule is Oc1ccc(C23CC4CC(CC(C4)C2)C3)cc1C=Nc1cc(C23CC4CC(CC(C4)C2)C3)ccc1Br. The summed E-state index contributed by atoms with van der Waals surface area (Å²) in [5, 5.41) is 10.8. The zero-order valence-electron chi connectivity index (χ0n) is 21.3. The first-order valence-corrected chi connectivity index (χ1v) is 15.4. The van der Waals surface area contributed by atoms with Crippen molar-refractivity contribution in [1.29, 1.82) is 0 Å². The molecule has 10 rings (SSSR count). The molecule has 0 saturated heterocycles. The Balaban J connectivity index is 1.11. The molecule has 2 nitrogen and oxygen atoms in total. The number of aromatic hydroxyl groups is 1. The average molecular weight is 545 g/mol. The molecule has 0 atom stereocenters. The predicted octanol–water partition coefficient (Wildman–Crippen LogP) is 8.84. The van der Waals surface area contributed by atoms with E-state index in [1.165, 1.54) is 88.2 Å². The maximum absolute atomic E-state index is 10.8. The zero-order chi connectivity index (χ0) is 24.1. The summed E-state index contributed by atoms with van der Waals surface area (Å²) < 4.78 is 1.05. The number of benzene rings is 2. The second-order valence-corrected chi connectivity index (χ2v) is 14.9. The second-order valence-electron chi connectivity index (χ2n) is 14.1. The fraction of sp³-hybridized carbons (Fsp3) is 0.606. The Labute approximate surface area is 224 Å². The highest BCUT2D eigenvalue weighted by molar-refractivity contribution is 9.10. The highest BCUT2D eigenvalue weighted by Gasteiger charge is 2.52. The number of phenolic OH excluding ortho intramolecular Hbond substituents is 1. The molecule has 2 aromatic rings. The van der Waals surface area contributed by atoms with Gasteiger partial charge in [-0.15, -0.1) is 0 Å². The molecule has 0 amide bonds. The first-order chi connectivity index (χ1) is 17.5. The smallest absolute Gasteiger partial charge is 0.124 e. The van der Waals surface area contributed by atoms with Gasteiger partial charge in [-0.25, -0.2) is 0 Å². The van der Waals surface area contributed by atoms with E-state index in [2.05, 4.69) is 46.3 Å². The quantitative estimate of drug-likeness (QED) is 0.383. The summed E-state index contributed by atoms with van der Waals surface area (Å²) in [5.74, 6) is 5.94. The predicted molar refractivity (Wildman–Crippen MR) is 149 cm³/mol. The normalized spacial score (nSPS) is 42.0. The van der Waals surface area contributed by atoms with Crippen molar-refractivity contribution >= 4 is 27.8 Å². The number of aliphatic imine (C=N–C) groups is 1. The molecule has 8 aliphatic rings. The van der Waals surface area contributed by atoms with Crippen molar-refractivity contribution in [2.45, 2.75) is 87.9 Å². The van der Waals surface area contributed by atoms with E-state index in [0.29, 0.717) is 16.6 Å². The van der Waals surface area contributed by atoms with Crippen LogP contribution in [0.5, 0.6) is 5.75 Å². The summed E-state index contributed by atoms with van der Waals surface area (Å²) in [4.78, 5) is 4.98. The van der Waals surface area contributed by atoms with Crippen LogP contribution in [0, 0.1) is 35.5 Å². The largest absolute Gasteiger partial charge is 0.507 e. The summed E-state index contributed by atoms with van der Waals surface area (Å²) in [6.45, 7) is 0. The summed E-state index contributed by atoms with van der Waals surface area (Å²) in [7, 11) is 0. The number of nitrogens with zero attached hydrogens (tertiary/aromatic N) is 1. The minimum Gasteiger partial charge on any atom is -0.507 e. The number of halogens is 1. The molecule has 188 valence electrons. The van der Waals surface area contributed by atoms with E-state index in [1.54, 1.807) is 0 Å². The molecule has 0 aliphatic heterocycles. The van der Waals surface area contributed by atoms with Crippen LogP contribution < -0.4 is 0 Å². The van der Waals surface area contributed by atoms with E-state index >= 15 is 0 Å². The van der Waals surface area contributed by atoms with Crippen LogP contribution in [0.1, 0.15) is 93.7 Å². The Morgan fingerprint density at radius 3 is 1.61 bits per heavy atom. The molecule has 8 bridgehead atoms. The van der Waals surface area contributed by atoms with Crippen molar-refractivity contribution in [2.24, 2.45) is 40.5 Å². The van der Waals surface area contributed by atoms with Gasteiger partial charge in [-0.05, 0) is 175 Å². The van der Waals surface area contributed by atoms with Crippen molar-refractivity contribution in [3.05, 3.63) is 57.6 Å². The maximum Gasteiger partial charge on any atom is 0.124 e. The van der Waals surface area contributed by atoms with Gasteiger partial charge in [0, 0.05) is 16.3 Å². The number of rotatable bonds is 4. The van der Waals surface area contributed by atoms with Crippen LogP contribution in [-0.4, -0.2) is 11.3 Å². The van der Waals surface area contributed by atoms with Gasteiger partial charge in [0.25, 0.3) is 0 Å². The van der Waals surface area contributed by atoms with Crippen molar-refractivity contribution in [2.75, 3.05) is 0 Å². The van der Waals surface area contributed by atoms with Gasteiger partial charge in [-0.1, -0.05) is 12.1 Å². The maximum atomic E-state index is 10.8. The highest BCUT2D eigenvalue weighted by Crippen LogP contribution is 2.62. The molecular formula is C33H38BrNO. The van der Waals surface area contributed by atoms with Crippen LogP contribution >= 0.6 is 15.9 Å². The van der Waals surface area contributed by atoms with Gasteiger partial charge in [0.05, 0.1) is 5.69 Å². The zero-order valence-corrected chi connectivity index (χ0v) is 22.8. The third-order valence-corrected chi connectivity index (χ3v) is 12.3. The lowest BCUT2D eigenvalue weighted by atomic mass is 9.48. The average Bonchev–Trinajstić information content (AvgIpc) is 2.82. The van der Waals surface area contributed by atoms with E-state index in [9.17, 15) is 5.11 Å². The van der Waals surface area contributed by atoms with Gasteiger partial charge in [-0.3, -0.25) is 4.99 Å². The molecule has 0 radical (unpaired) electrons. The van der Waals surface area contributed by atoms with Crippen LogP contribution in [0.3, 0.4) is 0 Å². The molecule has 8 aliphatic carbocycles. The van der Waals surface area contributed by atoms with Crippen LogP contribution in [0.15, 0.2) is 45.9 Å². The monoisotopic (exact) mass is 543 g/mol. The van der Waals surface area contributed by atoms with E-state index < -0.39 is 0 Å². The fourth-order valence-corrected chi connectivity index (χ4v) is 11.3. The third-order valence-electron chi connectivity index (χ3n) is 11.6. The molecule has 0 aromatic heterocycles. The molecule has 0 spiro atoms. The molecule has 8 saturated carbocycles. The van der Waals surface area contributed by atoms with Gasteiger partial charge < -0.3 is 5.11 Å². The molecule has 0 unspecified atom stereocenters. The molecule has 0 heterocycles. The van der Waals surface area contributed by atoms with Crippen molar-refractivity contribution < 1.29 is 5.11 Å². The lowest BCUT2D eigenvalue weighted by Crippen LogP contribution is -2.48. The van der Waals surface area contributed by atoms with Gasteiger partial charge in [0.1, 0.15) is 5.75 Å². The van der Waals surface area contributed by atoms with E-state index in [4.69, 9.17) is 4.99 Å². The number of hydrogen-bond donors (Lipinski definition) is 1. The summed E-state index contributed by atoms with van der Waals surface area (Å²) in [6, 6.07) is 13.3. The van der Waals surface area contributed by atoms with Crippen molar-refractivity contribution in [3.63, 3.8) is 0 Å². The molecule has 1 N–H and O–H groups in total. The lowest BCUT2D eigenvalue weighted by Gasteiger charge is -2.57. The topological polar surface area (TPSA) is 32.6 Å². The van der Waals surface area contributed by atoms with E-state index in [0.717, 1.165) is 51.2 Å².